The van der Waals surface area contributed by atoms with Crippen LogP contribution < -0.4 is 4.74 Å². The van der Waals surface area contributed by atoms with E-state index in [1.165, 1.54) is 31.4 Å². The Labute approximate surface area is 211 Å². The minimum atomic E-state index is -0.351. The smallest absolute Gasteiger partial charge is 0.341 e. The van der Waals surface area contributed by atoms with E-state index in [1.807, 2.05) is 13.0 Å². The van der Waals surface area contributed by atoms with Crippen LogP contribution in [0.4, 0.5) is 4.39 Å². The standard InChI is InChI=1S/C30H33FN2O3/c1-18-26(29(34)35-28(19-6-7-19)20-8-10-22(31)11-9-20)27-23-17-21-5-4-16-33-15-3-2-14-30(21,33)36-25(23)13-12-24(27)32-18/h8-13,19,21,28,32H,2-7,14-17H2,1H3. The number of rotatable bonds is 4. The van der Waals surface area contributed by atoms with E-state index in [0.717, 1.165) is 78.7 Å². The maximum Gasteiger partial charge on any atom is 0.341 e. The Kier molecular flexibility index (Phi) is 5.18. The van der Waals surface area contributed by atoms with Gasteiger partial charge in [0.05, 0.1) is 5.56 Å². The Morgan fingerprint density at radius 2 is 1.92 bits per heavy atom. The van der Waals surface area contributed by atoms with Crippen molar-refractivity contribution in [2.24, 2.45) is 11.8 Å². The summed E-state index contributed by atoms with van der Waals surface area (Å²) in [5.74, 6) is 1.05. The summed E-state index contributed by atoms with van der Waals surface area (Å²) in [5.41, 5.74) is 4.20. The summed E-state index contributed by atoms with van der Waals surface area (Å²) >= 11 is 0. The fourth-order valence-electron chi connectivity index (χ4n) is 7.13. The fraction of sp³-hybridized carbons (Fsp3) is 0.500. The van der Waals surface area contributed by atoms with Crippen LogP contribution in [0.25, 0.3) is 10.9 Å². The largest absolute Gasteiger partial charge is 0.472 e. The van der Waals surface area contributed by atoms with Crippen LogP contribution in [-0.2, 0) is 11.2 Å². The highest BCUT2D eigenvalue weighted by Crippen LogP contribution is 2.50. The maximum atomic E-state index is 13.8. The Balaban J connectivity index is 1.27. The van der Waals surface area contributed by atoms with Gasteiger partial charge in [0.15, 0.2) is 5.72 Å². The number of aromatic amines is 1. The van der Waals surface area contributed by atoms with Crippen molar-refractivity contribution in [2.45, 2.75) is 70.1 Å². The lowest BCUT2D eigenvalue weighted by Crippen LogP contribution is -2.64. The Morgan fingerprint density at radius 3 is 2.72 bits per heavy atom. The summed E-state index contributed by atoms with van der Waals surface area (Å²) in [4.78, 5) is 19.8. The number of nitrogens with zero attached hydrogens (tertiary/aromatic N) is 1. The fourth-order valence-corrected chi connectivity index (χ4v) is 7.13. The van der Waals surface area contributed by atoms with Crippen molar-refractivity contribution in [1.82, 2.24) is 9.88 Å². The van der Waals surface area contributed by atoms with E-state index in [2.05, 4.69) is 16.0 Å². The molecule has 1 spiro atoms. The second-order valence-electron chi connectivity index (χ2n) is 11.2. The van der Waals surface area contributed by atoms with E-state index < -0.39 is 0 Å². The number of fused-ring (bicyclic) bond motifs is 3. The normalized spacial score (nSPS) is 26.4. The highest BCUT2D eigenvalue weighted by Gasteiger charge is 2.52. The molecule has 0 bridgehead atoms. The molecule has 1 aromatic heterocycles. The molecule has 4 aliphatic rings. The molecule has 2 saturated heterocycles. The number of esters is 1. The molecule has 4 heterocycles. The number of piperidine rings is 2. The first-order valence-electron chi connectivity index (χ1n) is 13.6. The molecule has 36 heavy (non-hydrogen) atoms. The van der Waals surface area contributed by atoms with Crippen molar-refractivity contribution in [3.63, 3.8) is 0 Å². The van der Waals surface area contributed by atoms with Crippen LogP contribution in [0, 0.1) is 24.6 Å². The summed E-state index contributed by atoms with van der Waals surface area (Å²) in [6.07, 6.45) is 8.49. The number of hydrogen-bond acceptors (Lipinski definition) is 4. The molecule has 3 fully saturated rings. The average Bonchev–Trinajstić information content (AvgIpc) is 3.66. The zero-order chi connectivity index (χ0) is 24.4. The number of halogens is 1. The predicted molar refractivity (Wildman–Crippen MR) is 136 cm³/mol. The molecular weight excluding hydrogens is 455 g/mol. The quantitative estimate of drug-likeness (QED) is 0.429. The second-order valence-corrected chi connectivity index (χ2v) is 11.2. The third-order valence-corrected chi connectivity index (χ3v) is 9.01. The van der Waals surface area contributed by atoms with Crippen LogP contribution in [0.3, 0.4) is 0 Å². The van der Waals surface area contributed by atoms with E-state index in [1.54, 1.807) is 12.1 Å². The topological polar surface area (TPSA) is 54.6 Å². The van der Waals surface area contributed by atoms with Crippen LogP contribution in [-0.4, -0.2) is 34.7 Å². The van der Waals surface area contributed by atoms with Gasteiger partial charge in [0.1, 0.15) is 17.7 Å². The molecule has 188 valence electrons. The molecule has 5 nitrogen and oxygen atoms in total. The molecular formula is C30H33FN2O3. The monoisotopic (exact) mass is 488 g/mol. The van der Waals surface area contributed by atoms with Gasteiger partial charge < -0.3 is 14.5 Å². The number of hydrogen-bond donors (Lipinski definition) is 1. The number of nitrogens with one attached hydrogen (secondary N) is 1. The minimum Gasteiger partial charge on any atom is -0.472 e. The highest BCUT2D eigenvalue weighted by molar-refractivity contribution is 6.07. The molecule has 3 atom stereocenters. The second kappa shape index (κ2) is 8.34. The third-order valence-electron chi connectivity index (χ3n) is 9.01. The van der Waals surface area contributed by atoms with Gasteiger partial charge in [0.25, 0.3) is 0 Å². The summed E-state index contributed by atoms with van der Waals surface area (Å²) in [6, 6.07) is 10.5. The molecule has 6 heteroatoms. The van der Waals surface area contributed by atoms with Gasteiger partial charge in [-0.3, -0.25) is 4.90 Å². The molecule has 3 unspecified atom stereocenters. The zero-order valence-corrected chi connectivity index (χ0v) is 20.8. The molecule has 1 N–H and O–H groups in total. The van der Waals surface area contributed by atoms with Crippen LogP contribution in [0.5, 0.6) is 5.75 Å². The van der Waals surface area contributed by atoms with Crippen molar-refractivity contribution < 1.29 is 18.7 Å². The number of carbonyl (C=O) groups is 1. The van der Waals surface area contributed by atoms with Gasteiger partial charge in [-0.15, -0.1) is 0 Å². The first-order valence-corrected chi connectivity index (χ1v) is 13.6. The summed E-state index contributed by atoms with van der Waals surface area (Å²) < 4.78 is 26.6. The predicted octanol–water partition coefficient (Wildman–Crippen LogP) is 6.45. The Hall–Kier alpha value is -2.86. The zero-order valence-electron chi connectivity index (χ0n) is 20.8. The lowest BCUT2D eigenvalue weighted by molar-refractivity contribution is -0.177. The lowest BCUT2D eigenvalue weighted by Gasteiger charge is -2.56. The summed E-state index contributed by atoms with van der Waals surface area (Å²) in [5, 5.41) is 0.950. The van der Waals surface area contributed by atoms with E-state index in [9.17, 15) is 9.18 Å². The molecule has 7 rings (SSSR count). The average molecular weight is 489 g/mol. The van der Waals surface area contributed by atoms with Gasteiger partial charge >= 0.3 is 5.97 Å². The van der Waals surface area contributed by atoms with Gasteiger partial charge in [-0.2, -0.15) is 0 Å². The Morgan fingerprint density at radius 1 is 1.11 bits per heavy atom. The maximum absolute atomic E-state index is 13.8. The number of H-pyrrole nitrogens is 1. The van der Waals surface area contributed by atoms with E-state index in [-0.39, 0.29) is 23.6 Å². The number of aryl methyl sites for hydroxylation is 1. The number of benzene rings is 2. The molecule has 1 saturated carbocycles. The van der Waals surface area contributed by atoms with E-state index in [4.69, 9.17) is 9.47 Å². The SMILES string of the molecule is Cc1[nH]c2ccc3c(c2c1C(=O)OC(c1ccc(F)cc1)C1CC1)CC1CCCN2CCCCC12O3. The van der Waals surface area contributed by atoms with Crippen LogP contribution >= 0.6 is 0 Å². The van der Waals surface area contributed by atoms with Crippen LogP contribution in [0.1, 0.15) is 78.2 Å². The first-order chi connectivity index (χ1) is 17.5. The van der Waals surface area contributed by atoms with Gasteiger partial charge in [-0.1, -0.05) is 12.1 Å². The summed E-state index contributed by atoms with van der Waals surface area (Å²) in [6.45, 7) is 4.17. The molecule has 1 aliphatic carbocycles. The number of carbonyl (C=O) groups excluding carboxylic acids is 1. The van der Waals surface area contributed by atoms with Gasteiger partial charge in [-0.05, 0) is 81.7 Å². The Bertz CT molecular complexity index is 1330. The van der Waals surface area contributed by atoms with Crippen molar-refractivity contribution in [3.05, 3.63) is 64.6 Å². The molecule has 0 radical (unpaired) electrons. The number of aromatic nitrogens is 1. The van der Waals surface area contributed by atoms with E-state index in [0.29, 0.717) is 17.4 Å². The minimum absolute atomic E-state index is 0.192. The van der Waals surface area contributed by atoms with Crippen LogP contribution in [0.2, 0.25) is 0 Å². The third kappa shape index (κ3) is 3.48. The lowest BCUT2D eigenvalue weighted by atomic mass is 9.74. The first kappa shape index (κ1) is 22.3. The van der Waals surface area contributed by atoms with Crippen molar-refractivity contribution >= 4 is 16.9 Å². The molecule has 3 aromatic rings. The van der Waals surface area contributed by atoms with Crippen molar-refractivity contribution in [3.8, 4) is 5.75 Å². The van der Waals surface area contributed by atoms with Crippen LogP contribution in [0.15, 0.2) is 36.4 Å². The molecule has 0 amide bonds. The van der Waals surface area contributed by atoms with Crippen molar-refractivity contribution in [1.29, 1.82) is 0 Å². The highest BCUT2D eigenvalue weighted by atomic mass is 19.1. The van der Waals surface area contributed by atoms with Crippen molar-refractivity contribution in [2.75, 3.05) is 13.1 Å². The molecule has 2 aromatic carbocycles. The number of ether oxygens (including phenoxy) is 2. The van der Waals surface area contributed by atoms with E-state index >= 15 is 0 Å². The van der Waals surface area contributed by atoms with Gasteiger partial charge in [0, 0.05) is 53.5 Å². The summed E-state index contributed by atoms with van der Waals surface area (Å²) in [7, 11) is 0. The van der Waals surface area contributed by atoms with Gasteiger partial charge in [-0.25, -0.2) is 9.18 Å². The van der Waals surface area contributed by atoms with Gasteiger partial charge in [0.2, 0.25) is 0 Å². The molecule has 3 aliphatic heterocycles.